The van der Waals surface area contributed by atoms with E-state index in [0.29, 0.717) is 6.42 Å². The van der Waals surface area contributed by atoms with Gasteiger partial charge in [-0.2, -0.15) is 4.31 Å². The Labute approximate surface area is 117 Å². The number of benzene rings is 1. The Kier molecular flexibility index (Phi) is 4.72. The van der Waals surface area contributed by atoms with E-state index in [1.165, 1.54) is 11.4 Å². The summed E-state index contributed by atoms with van der Waals surface area (Å²) in [6.45, 7) is 1.62. The highest BCUT2D eigenvalue weighted by atomic mass is 32.2. The molecule has 20 heavy (non-hydrogen) atoms. The van der Waals surface area contributed by atoms with Crippen molar-refractivity contribution in [2.45, 2.75) is 30.2 Å². The lowest BCUT2D eigenvalue weighted by atomic mass is 10.1. The van der Waals surface area contributed by atoms with E-state index in [4.69, 9.17) is 0 Å². The molecule has 1 N–H and O–H groups in total. The summed E-state index contributed by atoms with van der Waals surface area (Å²) >= 11 is 0. The van der Waals surface area contributed by atoms with Crippen molar-refractivity contribution in [3.8, 4) is 0 Å². The molecular weight excluding hydrogens is 286 g/mol. The number of hydrogen-bond acceptors (Lipinski definition) is 3. The van der Waals surface area contributed by atoms with Crippen molar-refractivity contribution in [1.29, 1.82) is 0 Å². The molecule has 2 rings (SSSR count). The van der Waals surface area contributed by atoms with Crippen molar-refractivity contribution >= 4 is 10.0 Å². The predicted molar refractivity (Wildman–Crippen MR) is 71.8 cm³/mol. The van der Waals surface area contributed by atoms with Gasteiger partial charge in [0.1, 0.15) is 0 Å². The molecule has 0 aromatic heterocycles. The minimum Gasteiger partial charge on any atom is -0.317 e. The summed E-state index contributed by atoms with van der Waals surface area (Å²) in [7, 11) is -2.30. The molecule has 1 aliphatic rings. The Bertz CT molecular complexity index is 570. The summed E-state index contributed by atoms with van der Waals surface area (Å²) in [5, 5.41) is 3.21. The molecule has 112 valence electrons. The van der Waals surface area contributed by atoms with Gasteiger partial charge in [0.2, 0.25) is 10.0 Å². The van der Waals surface area contributed by atoms with Crippen LogP contribution in [-0.2, 0) is 10.0 Å². The number of nitrogens with zero attached hydrogens (tertiary/aromatic N) is 1. The Hall–Kier alpha value is -1.05. The molecule has 4 nitrogen and oxygen atoms in total. The van der Waals surface area contributed by atoms with Crippen LogP contribution in [0.2, 0.25) is 0 Å². The molecule has 1 aliphatic heterocycles. The second-order valence-corrected chi connectivity index (χ2v) is 6.93. The van der Waals surface area contributed by atoms with E-state index in [1.54, 1.807) is 0 Å². The first kappa shape index (κ1) is 15.3. The van der Waals surface area contributed by atoms with Gasteiger partial charge in [-0.05, 0) is 50.6 Å². The van der Waals surface area contributed by atoms with Gasteiger partial charge in [-0.1, -0.05) is 0 Å². The van der Waals surface area contributed by atoms with Gasteiger partial charge in [0.25, 0.3) is 0 Å². The van der Waals surface area contributed by atoms with E-state index in [-0.39, 0.29) is 10.9 Å². The van der Waals surface area contributed by atoms with Crippen LogP contribution >= 0.6 is 0 Å². The second-order valence-electron chi connectivity index (χ2n) is 4.93. The quantitative estimate of drug-likeness (QED) is 0.925. The van der Waals surface area contributed by atoms with Crippen LogP contribution in [0.25, 0.3) is 0 Å². The largest absolute Gasteiger partial charge is 0.317 e. The van der Waals surface area contributed by atoms with Crippen LogP contribution in [0, 0.1) is 11.6 Å². The second kappa shape index (κ2) is 6.15. The minimum absolute atomic E-state index is 0.122. The summed E-state index contributed by atoms with van der Waals surface area (Å²) in [5.74, 6) is -2.20. The van der Waals surface area contributed by atoms with E-state index < -0.39 is 21.7 Å². The molecule has 1 fully saturated rings. The number of sulfonamides is 1. The lowest BCUT2D eigenvalue weighted by Gasteiger charge is -2.26. The van der Waals surface area contributed by atoms with Crippen LogP contribution in [-0.4, -0.2) is 38.9 Å². The highest BCUT2D eigenvalue weighted by Crippen LogP contribution is 2.22. The Morgan fingerprint density at radius 1 is 1.20 bits per heavy atom. The van der Waals surface area contributed by atoms with Crippen molar-refractivity contribution in [2.24, 2.45) is 0 Å². The summed E-state index contributed by atoms with van der Waals surface area (Å²) in [6.07, 6.45) is 2.36. The maximum Gasteiger partial charge on any atom is 0.243 e. The van der Waals surface area contributed by atoms with E-state index in [9.17, 15) is 17.2 Å². The third kappa shape index (κ3) is 3.16. The van der Waals surface area contributed by atoms with E-state index in [1.807, 2.05) is 0 Å². The van der Waals surface area contributed by atoms with Crippen molar-refractivity contribution in [1.82, 2.24) is 9.62 Å². The van der Waals surface area contributed by atoms with Crippen molar-refractivity contribution in [3.63, 3.8) is 0 Å². The number of halogens is 2. The van der Waals surface area contributed by atoms with Gasteiger partial charge in [0.15, 0.2) is 11.6 Å². The molecule has 0 spiro atoms. The van der Waals surface area contributed by atoms with Gasteiger partial charge >= 0.3 is 0 Å². The van der Waals surface area contributed by atoms with E-state index >= 15 is 0 Å². The lowest BCUT2D eigenvalue weighted by Crippen LogP contribution is -2.37. The number of rotatable bonds is 3. The normalized spacial score (nSPS) is 20.9. The van der Waals surface area contributed by atoms with Gasteiger partial charge in [0, 0.05) is 13.1 Å². The standard InChI is InChI=1S/C13H18F2N2O2S/c1-17(10-3-2-7-16-8-6-10)20(18,19)11-4-5-12(14)13(15)9-11/h4-5,9-10,16H,2-3,6-8H2,1H3. The van der Waals surface area contributed by atoms with Crippen molar-refractivity contribution < 1.29 is 17.2 Å². The Morgan fingerprint density at radius 2 is 1.95 bits per heavy atom. The fourth-order valence-corrected chi connectivity index (χ4v) is 3.79. The summed E-state index contributed by atoms with van der Waals surface area (Å²) in [4.78, 5) is -0.212. The topological polar surface area (TPSA) is 49.4 Å². The fourth-order valence-electron chi connectivity index (χ4n) is 2.36. The van der Waals surface area contributed by atoms with Crippen LogP contribution in [0.1, 0.15) is 19.3 Å². The maximum atomic E-state index is 13.2. The monoisotopic (exact) mass is 304 g/mol. The molecule has 1 aromatic rings. The van der Waals surface area contributed by atoms with Gasteiger partial charge in [-0.15, -0.1) is 0 Å². The van der Waals surface area contributed by atoms with Crippen LogP contribution in [0.4, 0.5) is 8.78 Å². The van der Waals surface area contributed by atoms with Crippen molar-refractivity contribution in [3.05, 3.63) is 29.8 Å². The summed E-state index contributed by atoms with van der Waals surface area (Å²) in [6, 6.07) is 2.54. The Morgan fingerprint density at radius 3 is 2.65 bits per heavy atom. The molecule has 0 aliphatic carbocycles. The van der Waals surface area contributed by atoms with Gasteiger partial charge in [-0.3, -0.25) is 0 Å². The van der Waals surface area contributed by atoms with Gasteiger partial charge in [0.05, 0.1) is 4.90 Å². The molecule has 1 heterocycles. The molecule has 0 amide bonds. The Balaban J connectivity index is 2.26. The van der Waals surface area contributed by atoms with Crippen LogP contribution in [0.3, 0.4) is 0 Å². The molecular formula is C13H18F2N2O2S. The van der Waals surface area contributed by atoms with Crippen LogP contribution < -0.4 is 5.32 Å². The molecule has 1 atom stereocenters. The highest BCUT2D eigenvalue weighted by molar-refractivity contribution is 7.89. The smallest absolute Gasteiger partial charge is 0.243 e. The SMILES string of the molecule is CN(C1CCCNCC1)S(=O)(=O)c1ccc(F)c(F)c1. The predicted octanol–water partition coefficient (Wildman–Crippen LogP) is 1.73. The fraction of sp³-hybridized carbons (Fsp3) is 0.538. The van der Waals surface area contributed by atoms with Crippen LogP contribution in [0.15, 0.2) is 23.1 Å². The average molecular weight is 304 g/mol. The summed E-state index contributed by atoms with van der Waals surface area (Å²) < 4.78 is 52.2. The van der Waals surface area contributed by atoms with E-state index in [2.05, 4.69) is 5.32 Å². The summed E-state index contributed by atoms with van der Waals surface area (Å²) in [5.41, 5.74) is 0. The molecule has 1 saturated heterocycles. The average Bonchev–Trinajstić information content (AvgIpc) is 2.69. The zero-order chi connectivity index (χ0) is 14.8. The van der Waals surface area contributed by atoms with Gasteiger partial charge < -0.3 is 5.32 Å². The number of nitrogens with one attached hydrogen (secondary N) is 1. The van der Waals surface area contributed by atoms with E-state index in [0.717, 1.165) is 44.1 Å². The molecule has 1 unspecified atom stereocenters. The maximum absolute atomic E-state index is 13.2. The first-order valence-corrected chi connectivity index (χ1v) is 8.01. The molecule has 7 heteroatoms. The zero-order valence-corrected chi connectivity index (χ0v) is 12.1. The first-order chi connectivity index (χ1) is 9.43. The zero-order valence-electron chi connectivity index (χ0n) is 11.3. The molecule has 0 saturated carbocycles. The first-order valence-electron chi connectivity index (χ1n) is 6.57. The third-order valence-electron chi connectivity index (χ3n) is 3.63. The molecule has 0 bridgehead atoms. The molecule has 0 radical (unpaired) electrons. The number of hydrogen-bond donors (Lipinski definition) is 1. The highest BCUT2D eigenvalue weighted by Gasteiger charge is 2.29. The lowest BCUT2D eigenvalue weighted by molar-refractivity contribution is 0.341. The molecule has 1 aromatic carbocycles. The van der Waals surface area contributed by atoms with Crippen LogP contribution in [0.5, 0.6) is 0 Å². The third-order valence-corrected chi connectivity index (χ3v) is 5.53. The minimum atomic E-state index is -3.80. The van der Waals surface area contributed by atoms with Crippen molar-refractivity contribution in [2.75, 3.05) is 20.1 Å². The van der Waals surface area contributed by atoms with Gasteiger partial charge in [-0.25, -0.2) is 17.2 Å².